The van der Waals surface area contributed by atoms with Crippen LogP contribution in [0.15, 0.2) is 23.2 Å². The largest absolute Gasteiger partial charge is 0.374 e. The van der Waals surface area contributed by atoms with Crippen molar-refractivity contribution in [2.24, 2.45) is 0 Å². The van der Waals surface area contributed by atoms with Crippen LogP contribution in [0.2, 0.25) is 0 Å². The summed E-state index contributed by atoms with van der Waals surface area (Å²) >= 11 is 0. The van der Waals surface area contributed by atoms with E-state index >= 15 is 0 Å². The van der Waals surface area contributed by atoms with E-state index in [0.717, 1.165) is 12.8 Å². The summed E-state index contributed by atoms with van der Waals surface area (Å²) in [7, 11) is -3.59. The second-order valence-electron chi connectivity index (χ2n) is 5.11. The number of aromatic nitrogens is 1. The molecule has 0 aromatic carbocycles. The van der Waals surface area contributed by atoms with Crippen molar-refractivity contribution >= 4 is 15.8 Å². The monoisotopic (exact) mass is 299 g/mol. The van der Waals surface area contributed by atoms with Gasteiger partial charge in [0.1, 0.15) is 10.7 Å². The van der Waals surface area contributed by atoms with Crippen LogP contribution in [0.3, 0.4) is 0 Å². The van der Waals surface area contributed by atoms with E-state index in [1.807, 2.05) is 13.8 Å². The molecule has 1 fully saturated rings. The molecule has 6 nitrogen and oxygen atoms in total. The first-order valence-electron chi connectivity index (χ1n) is 6.79. The Bertz CT molecular complexity index is 554. The summed E-state index contributed by atoms with van der Waals surface area (Å²) in [6.07, 6.45) is 3.40. The molecule has 2 heterocycles. The van der Waals surface area contributed by atoms with E-state index < -0.39 is 15.6 Å². The molecule has 20 heavy (non-hydrogen) atoms. The Labute approximate surface area is 120 Å². The number of nitrogens with zero attached hydrogens (tertiary/aromatic N) is 1. The summed E-state index contributed by atoms with van der Waals surface area (Å²) in [5, 5.41) is 2.96. The third-order valence-corrected chi connectivity index (χ3v) is 4.77. The number of rotatable bonds is 6. The van der Waals surface area contributed by atoms with Crippen molar-refractivity contribution in [1.82, 2.24) is 9.71 Å². The molecule has 1 saturated heterocycles. The molecule has 1 aromatic heterocycles. The number of anilines is 1. The third-order valence-electron chi connectivity index (χ3n) is 3.34. The van der Waals surface area contributed by atoms with Crippen LogP contribution >= 0.6 is 0 Å². The fourth-order valence-corrected chi connectivity index (χ4v) is 3.50. The number of hydrogen-bond acceptors (Lipinski definition) is 5. The maximum Gasteiger partial charge on any atom is 0.244 e. The van der Waals surface area contributed by atoms with Crippen molar-refractivity contribution < 1.29 is 13.2 Å². The zero-order valence-electron chi connectivity index (χ0n) is 11.8. The lowest BCUT2D eigenvalue weighted by molar-refractivity contribution is 0.0250. The smallest absolute Gasteiger partial charge is 0.244 e. The van der Waals surface area contributed by atoms with Crippen molar-refractivity contribution in [3.8, 4) is 0 Å². The maximum atomic E-state index is 12.4. The van der Waals surface area contributed by atoms with Crippen LogP contribution in [0.25, 0.3) is 0 Å². The van der Waals surface area contributed by atoms with Crippen LogP contribution in [0, 0.1) is 0 Å². The highest BCUT2D eigenvalue weighted by molar-refractivity contribution is 7.89. The highest BCUT2D eigenvalue weighted by Crippen LogP contribution is 2.25. The first kappa shape index (κ1) is 15.2. The van der Waals surface area contributed by atoms with Crippen molar-refractivity contribution in [2.75, 3.05) is 25.0 Å². The normalized spacial score (nSPS) is 22.9. The van der Waals surface area contributed by atoms with Gasteiger partial charge in [0, 0.05) is 25.9 Å². The molecule has 1 aromatic rings. The molecule has 0 aliphatic carbocycles. The van der Waals surface area contributed by atoms with Gasteiger partial charge in [-0.2, -0.15) is 0 Å². The number of nitrogens with one attached hydrogen (secondary N) is 2. The summed E-state index contributed by atoms with van der Waals surface area (Å²) in [5.74, 6) is 0.375. The quantitative estimate of drug-likeness (QED) is 0.829. The van der Waals surface area contributed by atoms with Crippen molar-refractivity contribution in [1.29, 1.82) is 0 Å². The van der Waals surface area contributed by atoms with E-state index in [9.17, 15) is 8.42 Å². The zero-order valence-corrected chi connectivity index (χ0v) is 12.7. The highest BCUT2D eigenvalue weighted by atomic mass is 32.2. The minimum absolute atomic E-state index is 0.170. The summed E-state index contributed by atoms with van der Waals surface area (Å²) in [4.78, 5) is 4.24. The van der Waals surface area contributed by atoms with Crippen molar-refractivity contribution in [2.45, 2.75) is 37.2 Å². The molecule has 7 heteroatoms. The fourth-order valence-electron chi connectivity index (χ4n) is 2.21. The average molecular weight is 299 g/mol. The van der Waals surface area contributed by atoms with Gasteiger partial charge in [0.05, 0.1) is 5.60 Å². The predicted molar refractivity (Wildman–Crippen MR) is 77.2 cm³/mol. The summed E-state index contributed by atoms with van der Waals surface area (Å²) in [6.45, 7) is 5.40. The van der Waals surface area contributed by atoms with Gasteiger partial charge < -0.3 is 10.1 Å². The molecule has 1 aliphatic rings. The Morgan fingerprint density at radius 3 is 2.95 bits per heavy atom. The van der Waals surface area contributed by atoms with Gasteiger partial charge in [-0.15, -0.1) is 0 Å². The molecule has 2 N–H and O–H groups in total. The molecule has 0 amide bonds. The summed E-state index contributed by atoms with van der Waals surface area (Å²) < 4.78 is 33.0. The van der Waals surface area contributed by atoms with Gasteiger partial charge in [0.2, 0.25) is 10.0 Å². The number of sulfonamides is 1. The van der Waals surface area contributed by atoms with Crippen LogP contribution in [0.5, 0.6) is 0 Å². The Kier molecular flexibility index (Phi) is 4.62. The van der Waals surface area contributed by atoms with Gasteiger partial charge in [-0.3, -0.25) is 0 Å². The van der Waals surface area contributed by atoms with Gasteiger partial charge in [-0.25, -0.2) is 18.1 Å². The predicted octanol–water partition coefficient (Wildman–Crippen LogP) is 1.36. The third kappa shape index (κ3) is 3.47. The molecule has 1 aliphatic heterocycles. The molecular weight excluding hydrogens is 278 g/mol. The Hall–Kier alpha value is -1.18. The lowest BCUT2D eigenvalue weighted by atomic mass is 10.0. The standard InChI is InChI=1S/C13H21N3O3S/c1-3-14-12-11(6-4-8-15-12)20(17,18)16-10-13(2)7-5-9-19-13/h4,6,8,16H,3,5,7,9-10H2,1-2H3,(H,14,15). The molecule has 0 bridgehead atoms. The molecule has 112 valence electrons. The van der Waals surface area contributed by atoms with Crippen molar-refractivity contribution in [3.05, 3.63) is 18.3 Å². The molecule has 0 spiro atoms. The second kappa shape index (κ2) is 6.07. The van der Waals surface area contributed by atoms with Crippen LogP contribution in [-0.4, -0.2) is 38.7 Å². The van der Waals surface area contributed by atoms with Crippen LogP contribution in [-0.2, 0) is 14.8 Å². The zero-order chi connectivity index (χ0) is 14.6. The topological polar surface area (TPSA) is 80.3 Å². The summed E-state index contributed by atoms with van der Waals surface area (Å²) in [6, 6.07) is 3.16. The van der Waals surface area contributed by atoms with Gasteiger partial charge in [0.25, 0.3) is 0 Å². The van der Waals surface area contributed by atoms with Crippen LogP contribution < -0.4 is 10.0 Å². The average Bonchev–Trinajstić information content (AvgIpc) is 2.85. The molecule has 1 atom stereocenters. The first-order chi connectivity index (χ1) is 9.47. The van der Waals surface area contributed by atoms with Crippen molar-refractivity contribution in [3.63, 3.8) is 0 Å². The van der Waals surface area contributed by atoms with Gasteiger partial charge >= 0.3 is 0 Å². The first-order valence-corrected chi connectivity index (χ1v) is 8.28. The molecule has 0 saturated carbocycles. The van der Waals surface area contributed by atoms with E-state index in [2.05, 4.69) is 15.0 Å². The van der Waals surface area contributed by atoms with E-state index in [4.69, 9.17) is 4.74 Å². The van der Waals surface area contributed by atoms with Crippen LogP contribution in [0.1, 0.15) is 26.7 Å². The lowest BCUT2D eigenvalue weighted by Crippen LogP contribution is -2.40. The van der Waals surface area contributed by atoms with Gasteiger partial charge in [0.15, 0.2) is 0 Å². The Morgan fingerprint density at radius 1 is 1.50 bits per heavy atom. The lowest BCUT2D eigenvalue weighted by Gasteiger charge is -2.23. The van der Waals surface area contributed by atoms with Gasteiger partial charge in [-0.05, 0) is 38.8 Å². The van der Waals surface area contributed by atoms with Gasteiger partial charge in [-0.1, -0.05) is 0 Å². The van der Waals surface area contributed by atoms with Crippen LogP contribution in [0.4, 0.5) is 5.82 Å². The SMILES string of the molecule is CCNc1ncccc1S(=O)(=O)NCC1(C)CCCO1. The molecule has 1 unspecified atom stereocenters. The molecule has 2 rings (SSSR count). The number of ether oxygens (including phenoxy) is 1. The van der Waals surface area contributed by atoms with E-state index in [0.29, 0.717) is 19.0 Å². The number of hydrogen-bond donors (Lipinski definition) is 2. The Balaban J connectivity index is 2.14. The second-order valence-corrected chi connectivity index (χ2v) is 6.84. The summed E-state index contributed by atoms with van der Waals surface area (Å²) in [5.41, 5.74) is -0.409. The van der Waals surface area contributed by atoms with E-state index in [1.54, 1.807) is 18.3 Å². The van der Waals surface area contributed by atoms with E-state index in [1.165, 1.54) is 0 Å². The Morgan fingerprint density at radius 2 is 2.30 bits per heavy atom. The van der Waals surface area contributed by atoms with E-state index in [-0.39, 0.29) is 11.4 Å². The number of pyridine rings is 1. The molecule has 0 radical (unpaired) electrons. The fraction of sp³-hybridized carbons (Fsp3) is 0.615. The maximum absolute atomic E-state index is 12.4. The minimum atomic E-state index is -3.59. The highest BCUT2D eigenvalue weighted by Gasteiger charge is 2.32. The minimum Gasteiger partial charge on any atom is -0.374 e. The molecular formula is C13H21N3O3S.